The Bertz CT molecular complexity index is 1290. The molecule has 0 amide bonds. The summed E-state index contributed by atoms with van der Waals surface area (Å²) >= 11 is 0. The van der Waals surface area contributed by atoms with Gasteiger partial charge in [0.05, 0.1) is 10.6 Å². The van der Waals surface area contributed by atoms with Crippen LogP contribution in [0.5, 0.6) is 0 Å². The van der Waals surface area contributed by atoms with Crippen LogP contribution in [0.15, 0.2) is 55.0 Å². The Kier molecular flexibility index (Phi) is 4.92. The van der Waals surface area contributed by atoms with Gasteiger partial charge in [-0.1, -0.05) is 6.42 Å². The molecule has 1 saturated heterocycles. The van der Waals surface area contributed by atoms with Crippen LogP contribution < -0.4 is 11.1 Å². The molecule has 0 aliphatic carbocycles. The van der Waals surface area contributed by atoms with Crippen molar-refractivity contribution in [1.29, 1.82) is 0 Å². The Morgan fingerprint density at radius 3 is 2.38 bits per heavy atom. The molecule has 2 aromatic heterocycles. The van der Waals surface area contributed by atoms with E-state index in [1.165, 1.54) is 34.6 Å². The van der Waals surface area contributed by atoms with E-state index in [0.29, 0.717) is 24.5 Å². The number of azo groups is 1. The van der Waals surface area contributed by atoms with Gasteiger partial charge in [0, 0.05) is 24.8 Å². The first-order chi connectivity index (χ1) is 13.9. The van der Waals surface area contributed by atoms with E-state index in [2.05, 4.69) is 20.3 Å². The fourth-order valence-electron chi connectivity index (χ4n) is 3.32. The van der Waals surface area contributed by atoms with E-state index >= 15 is 0 Å². The molecule has 3 heterocycles. The molecule has 0 unspecified atom stereocenters. The van der Waals surface area contributed by atoms with Crippen LogP contribution in [-0.2, 0) is 10.0 Å². The lowest BCUT2D eigenvalue weighted by molar-refractivity contribution is 0.346. The highest BCUT2D eigenvalue weighted by atomic mass is 32.2. The molecule has 0 spiro atoms. The standard InChI is InChI=1S/C18H20N6O4S/c1-12-11-15(25)24-17(19-12)16(18(26)22-24)21-20-13-5-7-14(8-6-13)29(27,28)23-9-3-2-4-10-23/h5-8,11,19H,2-4,9-10H2,1H3,(H,22,26). The van der Waals surface area contributed by atoms with E-state index in [4.69, 9.17) is 0 Å². The number of fused-ring (bicyclic) bond motifs is 1. The highest BCUT2D eigenvalue weighted by Gasteiger charge is 2.25. The van der Waals surface area contributed by atoms with Crippen LogP contribution in [0.4, 0.5) is 11.4 Å². The molecule has 1 aliphatic rings. The zero-order valence-electron chi connectivity index (χ0n) is 15.8. The van der Waals surface area contributed by atoms with Crippen molar-refractivity contribution in [2.75, 3.05) is 13.1 Å². The van der Waals surface area contributed by atoms with Gasteiger partial charge in [-0.15, -0.1) is 5.11 Å². The zero-order valence-corrected chi connectivity index (χ0v) is 16.6. The second kappa shape index (κ2) is 7.41. The first kappa shape index (κ1) is 19.3. The van der Waals surface area contributed by atoms with Crippen molar-refractivity contribution in [3.8, 4) is 0 Å². The molecule has 11 heteroatoms. The molecule has 4 rings (SSSR count). The highest BCUT2D eigenvalue weighted by Crippen LogP contribution is 2.24. The van der Waals surface area contributed by atoms with Crippen LogP contribution in [0, 0.1) is 6.92 Å². The molecule has 29 heavy (non-hydrogen) atoms. The van der Waals surface area contributed by atoms with Gasteiger partial charge < -0.3 is 4.98 Å². The summed E-state index contributed by atoms with van der Waals surface area (Å²) in [5.41, 5.74) is 0.206. The van der Waals surface area contributed by atoms with E-state index in [0.717, 1.165) is 23.8 Å². The van der Waals surface area contributed by atoms with Crippen LogP contribution >= 0.6 is 0 Å². The summed E-state index contributed by atoms with van der Waals surface area (Å²) in [5, 5.41) is 10.4. The molecule has 0 atom stereocenters. The van der Waals surface area contributed by atoms with Gasteiger partial charge in [-0.3, -0.25) is 14.7 Å². The summed E-state index contributed by atoms with van der Waals surface area (Å²) < 4.78 is 27.9. The van der Waals surface area contributed by atoms with Crippen LogP contribution in [0.25, 0.3) is 5.65 Å². The first-order valence-corrected chi connectivity index (χ1v) is 10.7. The van der Waals surface area contributed by atoms with Gasteiger partial charge >= 0.3 is 0 Å². The van der Waals surface area contributed by atoms with Gasteiger partial charge in [0.25, 0.3) is 11.1 Å². The molecule has 152 valence electrons. The third-order valence-electron chi connectivity index (χ3n) is 4.81. The van der Waals surface area contributed by atoms with Crippen LogP contribution in [0.3, 0.4) is 0 Å². The summed E-state index contributed by atoms with van der Waals surface area (Å²) in [7, 11) is -3.52. The summed E-state index contributed by atoms with van der Waals surface area (Å²) in [6.07, 6.45) is 2.78. The lowest BCUT2D eigenvalue weighted by atomic mass is 10.2. The molecule has 1 aromatic carbocycles. The Morgan fingerprint density at radius 1 is 1.00 bits per heavy atom. The van der Waals surface area contributed by atoms with Crippen molar-refractivity contribution >= 4 is 27.0 Å². The topological polar surface area (TPSA) is 132 Å². The second-order valence-corrected chi connectivity index (χ2v) is 8.86. The maximum absolute atomic E-state index is 12.7. The van der Waals surface area contributed by atoms with Crippen LogP contribution in [0.2, 0.25) is 0 Å². The number of rotatable bonds is 4. The first-order valence-electron chi connectivity index (χ1n) is 9.23. The third kappa shape index (κ3) is 3.66. The number of nitrogens with zero attached hydrogens (tertiary/aromatic N) is 4. The maximum Gasteiger partial charge on any atom is 0.294 e. The quantitative estimate of drug-likeness (QED) is 0.631. The largest absolute Gasteiger partial charge is 0.342 e. The lowest BCUT2D eigenvalue weighted by Crippen LogP contribution is -2.35. The number of nitrogens with one attached hydrogen (secondary N) is 2. The van der Waals surface area contributed by atoms with Crippen molar-refractivity contribution in [3.05, 3.63) is 56.7 Å². The molecule has 0 bridgehead atoms. The summed E-state index contributed by atoms with van der Waals surface area (Å²) in [6, 6.07) is 7.37. The van der Waals surface area contributed by atoms with Gasteiger partial charge in [0.15, 0.2) is 11.3 Å². The zero-order chi connectivity index (χ0) is 20.6. The smallest absolute Gasteiger partial charge is 0.294 e. The number of hydrogen-bond acceptors (Lipinski definition) is 6. The fourth-order valence-corrected chi connectivity index (χ4v) is 4.83. The Morgan fingerprint density at radius 2 is 1.69 bits per heavy atom. The molecule has 1 aliphatic heterocycles. The number of aromatic amines is 2. The monoisotopic (exact) mass is 416 g/mol. The highest BCUT2D eigenvalue weighted by molar-refractivity contribution is 7.89. The third-order valence-corrected chi connectivity index (χ3v) is 6.72. The average Bonchev–Trinajstić information content (AvgIpc) is 3.03. The lowest BCUT2D eigenvalue weighted by Gasteiger charge is -2.25. The van der Waals surface area contributed by atoms with Crippen molar-refractivity contribution in [1.82, 2.24) is 18.9 Å². The van der Waals surface area contributed by atoms with Crippen molar-refractivity contribution in [2.24, 2.45) is 10.2 Å². The van der Waals surface area contributed by atoms with Gasteiger partial charge in [0.2, 0.25) is 10.0 Å². The van der Waals surface area contributed by atoms with E-state index in [-0.39, 0.29) is 21.8 Å². The summed E-state index contributed by atoms with van der Waals surface area (Å²) in [6.45, 7) is 2.76. The number of benzene rings is 1. The minimum Gasteiger partial charge on any atom is -0.342 e. The number of aromatic nitrogens is 3. The van der Waals surface area contributed by atoms with Gasteiger partial charge in [-0.2, -0.15) is 13.9 Å². The van der Waals surface area contributed by atoms with Crippen LogP contribution in [0.1, 0.15) is 25.0 Å². The Hall–Kier alpha value is -3.05. The Balaban J connectivity index is 1.62. The normalized spacial score (nSPS) is 16.0. The maximum atomic E-state index is 12.7. The van der Waals surface area contributed by atoms with Crippen LogP contribution in [-0.4, -0.2) is 40.4 Å². The molecule has 0 radical (unpaired) electrons. The Labute approximate surface area is 165 Å². The van der Waals surface area contributed by atoms with Gasteiger partial charge in [0.1, 0.15) is 0 Å². The number of piperidine rings is 1. The van der Waals surface area contributed by atoms with E-state index < -0.39 is 15.6 Å². The number of sulfonamides is 1. The molecule has 0 saturated carbocycles. The summed E-state index contributed by atoms with van der Waals surface area (Å²) in [4.78, 5) is 27.2. The molecule has 3 aromatic rings. The molecule has 1 fully saturated rings. The SMILES string of the molecule is Cc1cc(=O)n2[nH]c(=O)c(N=Nc3ccc(S(=O)(=O)N4CCCCC4)cc3)c2[nH]1. The summed E-state index contributed by atoms with van der Waals surface area (Å²) in [5.74, 6) is 0. The molecule has 10 nitrogen and oxygen atoms in total. The predicted molar refractivity (Wildman–Crippen MR) is 107 cm³/mol. The van der Waals surface area contributed by atoms with E-state index in [9.17, 15) is 18.0 Å². The van der Waals surface area contributed by atoms with Gasteiger partial charge in [-0.25, -0.2) is 8.42 Å². The van der Waals surface area contributed by atoms with Crippen molar-refractivity contribution in [2.45, 2.75) is 31.1 Å². The van der Waals surface area contributed by atoms with E-state index in [1.54, 1.807) is 6.92 Å². The van der Waals surface area contributed by atoms with Crippen molar-refractivity contribution < 1.29 is 8.42 Å². The number of aryl methyl sites for hydroxylation is 1. The van der Waals surface area contributed by atoms with Crippen molar-refractivity contribution in [3.63, 3.8) is 0 Å². The molecule has 2 N–H and O–H groups in total. The van der Waals surface area contributed by atoms with E-state index in [1.807, 2.05) is 0 Å². The molecular weight excluding hydrogens is 396 g/mol. The predicted octanol–water partition coefficient (Wildman–Crippen LogP) is 2.21. The number of H-pyrrole nitrogens is 2. The second-order valence-electron chi connectivity index (χ2n) is 6.92. The minimum atomic E-state index is -3.52. The average molecular weight is 416 g/mol. The number of hydrogen-bond donors (Lipinski definition) is 2. The molecular formula is C18H20N6O4S. The minimum absolute atomic E-state index is 0.0317. The fraction of sp³-hybridized carbons (Fsp3) is 0.333. The van der Waals surface area contributed by atoms with Gasteiger partial charge in [-0.05, 0) is 44.0 Å².